The highest BCUT2D eigenvalue weighted by Crippen LogP contribution is 2.38. The van der Waals surface area contributed by atoms with E-state index in [1.165, 1.54) is 11.3 Å². The monoisotopic (exact) mass is 402 g/mol. The molecule has 0 unspecified atom stereocenters. The van der Waals surface area contributed by atoms with Crippen molar-refractivity contribution in [2.24, 2.45) is 0 Å². The molecule has 0 fully saturated rings. The summed E-state index contributed by atoms with van der Waals surface area (Å²) < 4.78 is 9.90. The number of hydrogen-bond acceptors (Lipinski definition) is 6. The third kappa shape index (κ3) is 4.33. The topological polar surface area (TPSA) is 93.7 Å². The Hall–Kier alpha value is -2.87. The molecule has 0 atom stereocenters. The zero-order valence-electron chi connectivity index (χ0n) is 15.8. The van der Waals surface area contributed by atoms with Crippen molar-refractivity contribution in [3.05, 3.63) is 45.8 Å². The fourth-order valence-corrected chi connectivity index (χ4v) is 4.42. The van der Waals surface area contributed by atoms with E-state index in [-0.39, 0.29) is 12.5 Å². The number of imide groups is 1. The van der Waals surface area contributed by atoms with Crippen LogP contribution >= 0.6 is 11.3 Å². The number of ether oxygens (including phenoxy) is 2. The van der Waals surface area contributed by atoms with Crippen LogP contribution in [0, 0.1) is 0 Å². The Morgan fingerprint density at radius 1 is 1.07 bits per heavy atom. The molecule has 28 heavy (non-hydrogen) atoms. The minimum atomic E-state index is -0.796. The van der Waals surface area contributed by atoms with Crippen LogP contribution in [-0.2, 0) is 17.6 Å². The van der Waals surface area contributed by atoms with Crippen molar-refractivity contribution >= 4 is 34.2 Å². The average Bonchev–Trinajstić information content (AvgIpc) is 3.06. The summed E-state index contributed by atoms with van der Waals surface area (Å²) in [4.78, 5) is 38.1. The normalized spacial score (nSPS) is 12.6. The van der Waals surface area contributed by atoms with Crippen molar-refractivity contribution < 1.29 is 23.9 Å². The molecule has 0 aliphatic heterocycles. The lowest BCUT2D eigenvalue weighted by Gasteiger charge is -2.13. The molecule has 2 aromatic rings. The van der Waals surface area contributed by atoms with Crippen LogP contribution in [0.25, 0.3) is 0 Å². The van der Waals surface area contributed by atoms with E-state index in [1.807, 2.05) is 0 Å². The first-order valence-corrected chi connectivity index (χ1v) is 9.93. The van der Waals surface area contributed by atoms with Gasteiger partial charge in [0.25, 0.3) is 11.8 Å². The molecule has 3 amide bonds. The van der Waals surface area contributed by atoms with Crippen LogP contribution in [0.5, 0.6) is 5.75 Å². The van der Waals surface area contributed by atoms with Gasteiger partial charge in [-0.05, 0) is 62.4 Å². The van der Waals surface area contributed by atoms with Gasteiger partial charge in [-0.2, -0.15) is 0 Å². The number of aryl methyl sites for hydroxylation is 1. The number of nitrogens with one attached hydrogen (secondary N) is 2. The Morgan fingerprint density at radius 3 is 2.46 bits per heavy atom. The minimum absolute atomic E-state index is 0.169. The van der Waals surface area contributed by atoms with Crippen LogP contribution in [0.4, 0.5) is 9.80 Å². The molecule has 8 heteroatoms. The fraction of sp³-hybridized carbons (Fsp3) is 0.350. The SMILES string of the molecule is CCOC(=O)NC(=O)c1c(NC(=O)c2ccc(OC)cc2)sc2c1CCCC2. The first-order valence-electron chi connectivity index (χ1n) is 9.11. The predicted octanol–water partition coefficient (Wildman–Crippen LogP) is 3.77. The molecule has 2 N–H and O–H groups in total. The number of thiophene rings is 1. The van der Waals surface area contributed by atoms with Gasteiger partial charge in [0.2, 0.25) is 0 Å². The summed E-state index contributed by atoms with van der Waals surface area (Å²) >= 11 is 1.39. The lowest BCUT2D eigenvalue weighted by Crippen LogP contribution is -2.32. The molecule has 3 rings (SSSR count). The predicted molar refractivity (Wildman–Crippen MR) is 106 cm³/mol. The number of rotatable bonds is 5. The Bertz CT molecular complexity index is 889. The second kappa shape index (κ2) is 8.88. The summed E-state index contributed by atoms with van der Waals surface area (Å²) in [6, 6.07) is 6.70. The van der Waals surface area contributed by atoms with Crippen molar-refractivity contribution in [3.8, 4) is 5.75 Å². The number of carbonyl (C=O) groups is 3. The molecule has 0 radical (unpaired) electrons. The molecule has 148 valence electrons. The second-order valence-electron chi connectivity index (χ2n) is 6.27. The van der Waals surface area contributed by atoms with Gasteiger partial charge >= 0.3 is 6.09 Å². The van der Waals surface area contributed by atoms with Crippen LogP contribution in [0.15, 0.2) is 24.3 Å². The van der Waals surface area contributed by atoms with Gasteiger partial charge in [-0.1, -0.05) is 0 Å². The van der Waals surface area contributed by atoms with Crippen LogP contribution in [-0.4, -0.2) is 31.6 Å². The number of amides is 3. The molecule has 7 nitrogen and oxygen atoms in total. The maximum Gasteiger partial charge on any atom is 0.414 e. The molecule has 0 saturated heterocycles. The zero-order chi connectivity index (χ0) is 20.1. The van der Waals surface area contributed by atoms with E-state index in [9.17, 15) is 14.4 Å². The minimum Gasteiger partial charge on any atom is -0.497 e. The van der Waals surface area contributed by atoms with Gasteiger partial charge in [0.1, 0.15) is 10.8 Å². The highest BCUT2D eigenvalue weighted by atomic mass is 32.1. The van der Waals surface area contributed by atoms with Gasteiger partial charge in [-0.25, -0.2) is 4.79 Å². The van der Waals surface area contributed by atoms with E-state index in [4.69, 9.17) is 9.47 Å². The molecule has 1 heterocycles. The van der Waals surface area contributed by atoms with Gasteiger partial charge in [0.05, 0.1) is 19.3 Å². The molecule has 0 spiro atoms. The quantitative estimate of drug-likeness (QED) is 0.794. The lowest BCUT2D eigenvalue weighted by atomic mass is 9.95. The third-order valence-corrected chi connectivity index (χ3v) is 5.68. The van der Waals surface area contributed by atoms with Crippen molar-refractivity contribution in [2.45, 2.75) is 32.6 Å². The van der Waals surface area contributed by atoms with E-state index in [1.54, 1.807) is 38.3 Å². The number of methoxy groups -OCH3 is 1. The van der Waals surface area contributed by atoms with E-state index >= 15 is 0 Å². The first kappa shape index (κ1) is 19.9. The Balaban J connectivity index is 1.87. The standard InChI is InChI=1S/C20H22N2O5S/c1-3-27-20(25)22-18(24)16-14-6-4-5-7-15(14)28-19(16)21-17(23)12-8-10-13(26-2)11-9-12/h8-11H,3-7H2,1-2H3,(H,21,23)(H,22,24,25). The van der Waals surface area contributed by atoms with Gasteiger partial charge in [-0.15, -0.1) is 11.3 Å². The maximum absolute atomic E-state index is 12.7. The van der Waals surface area contributed by atoms with E-state index in [0.29, 0.717) is 21.9 Å². The van der Waals surface area contributed by atoms with Gasteiger partial charge in [0, 0.05) is 10.4 Å². The van der Waals surface area contributed by atoms with Crippen molar-refractivity contribution in [2.75, 3.05) is 19.0 Å². The molecule has 0 bridgehead atoms. The summed E-state index contributed by atoms with van der Waals surface area (Å²) in [5, 5.41) is 5.53. The average molecular weight is 402 g/mol. The number of carbonyl (C=O) groups excluding carboxylic acids is 3. The van der Waals surface area contributed by atoms with E-state index < -0.39 is 12.0 Å². The van der Waals surface area contributed by atoms with E-state index in [2.05, 4.69) is 10.6 Å². The molecule has 1 aliphatic carbocycles. The second-order valence-corrected chi connectivity index (χ2v) is 7.38. The highest BCUT2D eigenvalue weighted by molar-refractivity contribution is 7.17. The summed E-state index contributed by atoms with van der Waals surface area (Å²) in [6.45, 7) is 1.83. The maximum atomic E-state index is 12.7. The van der Waals surface area contributed by atoms with Crippen LogP contribution in [0.2, 0.25) is 0 Å². The number of alkyl carbamates (subject to hydrolysis) is 1. The highest BCUT2D eigenvalue weighted by Gasteiger charge is 2.27. The summed E-state index contributed by atoms with van der Waals surface area (Å²) in [7, 11) is 1.56. The Kier molecular flexibility index (Phi) is 6.30. The van der Waals surface area contributed by atoms with Gasteiger partial charge < -0.3 is 14.8 Å². The summed E-state index contributed by atoms with van der Waals surface area (Å²) in [6.07, 6.45) is 2.82. The molecule has 1 aliphatic rings. The van der Waals surface area contributed by atoms with Crippen LogP contribution in [0.1, 0.15) is 50.9 Å². The summed E-state index contributed by atoms with van der Waals surface area (Å²) in [5.74, 6) is -0.230. The largest absolute Gasteiger partial charge is 0.497 e. The zero-order valence-corrected chi connectivity index (χ0v) is 16.6. The Morgan fingerprint density at radius 2 is 1.79 bits per heavy atom. The fourth-order valence-electron chi connectivity index (χ4n) is 3.13. The number of anilines is 1. The molecule has 1 aromatic carbocycles. The molecular weight excluding hydrogens is 380 g/mol. The molecular formula is C20H22N2O5S. The van der Waals surface area contributed by atoms with Crippen molar-refractivity contribution in [1.29, 1.82) is 0 Å². The number of hydrogen-bond donors (Lipinski definition) is 2. The third-order valence-electron chi connectivity index (χ3n) is 4.47. The summed E-state index contributed by atoms with van der Waals surface area (Å²) in [5.41, 5.74) is 1.71. The molecule has 1 aromatic heterocycles. The number of benzene rings is 1. The number of fused-ring (bicyclic) bond motifs is 1. The van der Waals surface area contributed by atoms with Crippen molar-refractivity contribution in [3.63, 3.8) is 0 Å². The van der Waals surface area contributed by atoms with Crippen molar-refractivity contribution in [1.82, 2.24) is 5.32 Å². The molecule has 0 saturated carbocycles. The van der Waals surface area contributed by atoms with E-state index in [0.717, 1.165) is 36.1 Å². The van der Waals surface area contributed by atoms with Crippen LogP contribution < -0.4 is 15.4 Å². The smallest absolute Gasteiger partial charge is 0.414 e. The van der Waals surface area contributed by atoms with Gasteiger partial charge in [0.15, 0.2) is 0 Å². The Labute approximate surface area is 167 Å². The first-order chi connectivity index (χ1) is 13.5. The van der Waals surface area contributed by atoms with Gasteiger partial charge in [-0.3, -0.25) is 14.9 Å². The van der Waals surface area contributed by atoms with Crippen LogP contribution in [0.3, 0.4) is 0 Å². The lowest BCUT2D eigenvalue weighted by molar-refractivity contribution is 0.0925.